The fourth-order valence-corrected chi connectivity index (χ4v) is 1.46. The molecule has 0 radical (unpaired) electrons. The Morgan fingerprint density at radius 3 is 2.90 bits per heavy atom. The van der Waals surface area contributed by atoms with Crippen molar-refractivity contribution in [3.63, 3.8) is 0 Å². The first-order chi connectivity index (χ1) is 5.11. The fourth-order valence-electron chi connectivity index (χ4n) is 1.46. The second-order valence-corrected chi connectivity index (χ2v) is 3.02. The van der Waals surface area contributed by atoms with Gasteiger partial charge in [0, 0.05) is 1.37 Å². The second kappa shape index (κ2) is 3.04. The Labute approximate surface area is 62.6 Å². The van der Waals surface area contributed by atoms with Gasteiger partial charge in [0.05, 0.1) is 5.92 Å². The van der Waals surface area contributed by atoms with E-state index >= 15 is 0 Å². The van der Waals surface area contributed by atoms with Crippen molar-refractivity contribution in [1.29, 1.82) is 0 Å². The maximum atomic E-state index is 10.6. The summed E-state index contributed by atoms with van der Waals surface area (Å²) in [7, 11) is 0. The van der Waals surface area contributed by atoms with Crippen molar-refractivity contribution in [2.75, 3.05) is 0 Å². The van der Waals surface area contributed by atoms with Gasteiger partial charge in [-0.3, -0.25) is 4.79 Å². The van der Waals surface area contributed by atoms with Crippen molar-refractivity contribution in [3.05, 3.63) is 0 Å². The van der Waals surface area contributed by atoms with Gasteiger partial charge in [-0.15, -0.1) is 0 Å². The molecule has 0 saturated heterocycles. The summed E-state index contributed by atoms with van der Waals surface area (Å²) in [6, 6.07) is 0. The van der Waals surface area contributed by atoms with E-state index < -0.39 is 5.97 Å². The standard InChI is InChI=1S/C8H14O2/c1-6-4-2-3-5-7(6)8(9)10/h6-7H,2-5H2,1H3,(H,9,10)/i3D. The molecule has 0 heterocycles. The zero-order valence-corrected chi connectivity index (χ0v) is 6.21. The topological polar surface area (TPSA) is 37.3 Å². The van der Waals surface area contributed by atoms with E-state index in [2.05, 4.69) is 0 Å². The first-order valence-corrected chi connectivity index (χ1v) is 3.76. The molecule has 1 fully saturated rings. The van der Waals surface area contributed by atoms with Crippen LogP contribution in [-0.4, -0.2) is 11.1 Å². The molecular formula is C8H14O2. The molecule has 1 aliphatic carbocycles. The molecule has 0 aliphatic heterocycles. The molecule has 3 unspecified atom stereocenters. The molecule has 0 bridgehead atoms. The van der Waals surface area contributed by atoms with Gasteiger partial charge in [0.1, 0.15) is 0 Å². The number of carboxylic acid groups (broad SMARTS) is 1. The van der Waals surface area contributed by atoms with Gasteiger partial charge < -0.3 is 5.11 Å². The molecular weight excluding hydrogens is 128 g/mol. The molecule has 1 aliphatic rings. The zero-order valence-electron chi connectivity index (χ0n) is 7.21. The van der Waals surface area contributed by atoms with Crippen LogP contribution in [0.2, 0.25) is 0 Å². The first-order valence-electron chi connectivity index (χ1n) is 4.34. The summed E-state index contributed by atoms with van der Waals surface area (Å²) in [6.07, 6.45) is 2.15. The second-order valence-electron chi connectivity index (χ2n) is 3.02. The average Bonchev–Trinajstić information content (AvgIpc) is 1.94. The smallest absolute Gasteiger partial charge is 0.306 e. The van der Waals surface area contributed by atoms with E-state index in [1.807, 2.05) is 6.92 Å². The maximum Gasteiger partial charge on any atom is 0.306 e. The Morgan fingerprint density at radius 2 is 2.40 bits per heavy atom. The molecule has 0 aromatic carbocycles. The van der Waals surface area contributed by atoms with Crippen LogP contribution in [0.25, 0.3) is 0 Å². The summed E-state index contributed by atoms with van der Waals surface area (Å²) >= 11 is 0. The van der Waals surface area contributed by atoms with Gasteiger partial charge in [0.2, 0.25) is 0 Å². The van der Waals surface area contributed by atoms with Gasteiger partial charge >= 0.3 is 5.97 Å². The minimum absolute atomic E-state index is 0.146. The Kier molecular flexibility index (Phi) is 1.88. The molecule has 0 aromatic heterocycles. The predicted octanol–water partition coefficient (Wildman–Crippen LogP) is 1.90. The first kappa shape index (κ1) is 6.20. The van der Waals surface area contributed by atoms with E-state index in [4.69, 9.17) is 6.48 Å². The lowest BCUT2D eigenvalue weighted by Gasteiger charge is -2.24. The van der Waals surface area contributed by atoms with Gasteiger partial charge in [-0.05, 0) is 18.8 Å². The van der Waals surface area contributed by atoms with E-state index in [1.54, 1.807) is 0 Å². The lowest BCUT2D eigenvalue weighted by molar-refractivity contribution is -0.144. The lowest BCUT2D eigenvalue weighted by atomic mass is 9.81. The Hall–Kier alpha value is -0.530. The molecule has 1 N–H and O–H groups in total. The highest BCUT2D eigenvalue weighted by Gasteiger charge is 2.26. The van der Waals surface area contributed by atoms with E-state index in [1.165, 1.54) is 0 Å². The van der Waals surface area contributed by atoms with Gasteiger partial charge in [-0.25, -0.2) is 0 Å². The summed E-state index contributed by atoms with van der Waals surface area (Å²) < 4.78 is 7.42. The Balaban J connectivity index is 2.54. The van der Waals surface area contributed by atoms with Crippen molar-refractivity contribution in [2.24, 2.45) is 11.8 Å². The van der Waals surface area contributed by atoms with Crippen LogP contribution in [0.15, 0.2) is 0 Å². The third-order valence-electron chi connectivity index (χ3n) is 2.25. The molecule has 2 nitrogen and oxygen atoms in total. The van der Waals surface area contributed by atoms with Gasteiger partial charge in [0.25, 0.3) is 0 Å². The van der Waals surface area contributed by atoms with Crippen molar-refractivity contribution < 1.29 is 11.3 Å². The molecule has 58 valence electrons. The molecule has 2 heteroatoms. The summed E-state index contributed by atoms with van der Waals surface area (Å²) in [4.78, 5) is 10.6. The highest BCUT2D eigenvalue weighted by Crippen LogP contribution is 2.29. The minimum Gasteiger partial charge on any atom is -0.481 e. The largest absolute Gasteiger partial charge is 0.481 e. The van der Waals surface area contributed by atoms with E-state index in [0.717, 1.165) is 12.8 Å². The van der Waals surface area contributed by atoms with Crippen LogP contribution in [0.1, 0.15) is 34.0 Å². The molecule has 1 saturated carbocycles. The monoisotopic (exact) mass is 143 g/mol. The van der Waals surface area contributed by atoms with E-state index in [0.29, 0.717) is 6.42 Å². The number of carboxylic acids is 1. The third-order valence-corrected chi connectivity index (χ3v) is 2.25. The van der Waals surface area contributed by atoms with Crippen molar-refractivity contribution in [2.45, 2.75) is 32.6 Å². The Bertz CT molecular complexity index is 158. The van der Waals surface area contributed by atoms with Crippen LogP contribution in [0, 0.1) is 11.8 Å². The lowest BCUT2D eigenvalue weighted by Crippen LogP contribution is -2.24. The Morgan fingerprint density at radius 1 is 1.70 bits per heavy atom. The molecule has 0 spiro atoms. The van der Waals surface area contributed by atoms with Crippen LogP contribution < -0.4 is 0 Å². The summed E-state index contributed by atoms with van der Waals surface area (Å²) in [5, 5.41) is 8.74. The number of hydrogen-bond donors (Lipinski definition) is 1. The normalized spacial score (nSPS) is 42.5. The van der Waals surface area contributed by atoms with Gasteiger partial charge in [0.15, 0.2) is 0 Å². The van der Waals surface area contributed by atoms with Gasteiger partial charge in [-0.2, -0.15) is 0 Å². The number of aliphatic carboxylic acids is 1. The van der Waals surface area contributed by atoms with Crippen molar-refractivity contribution in [1.82, 2.24) is 0 Å². The summed E-state index contributed by atoms with van der Waals surface area (Å²) in [6.45, 7) is 1.96. The average molecular weight is 143 g/mol. The maximum absolute atomic E-state index is 10.6. The predicted molar refractivity (Wildman–Crippen MR) is 38.8 cm³/mol. The molecule has 10 heavy (non-hydrogen) atoms. The quantitative estimate of drug-likeness (QED) is 0.608. The third kappa shape index (κ3) is 1.49. The zero-order chi connectivity index (χ0) is 8.43. The van der Waals surface area contributed by atoms with Crippen molar-refractivity contribution in [3.8, 4) is 0 Å². The van der Waals surface area contributed by atoms with Gasteiger partial charge in [-0.1, -0.05) is 19.7 Å². The minimum atomic E-state index is -0.727. The highest BCUT2D eigenvalue weighted by molar-refractivity contribution is 5.70. The van der Waals surface area contributed by atoms with Crippen LogP contribution in [0.5, 0.6) is 0 Å². The van der Waals surface area contributed by atoms with Crippen LogP contribution in [0.3, 0.4) is 0 Å². The molecule has 0 amide bonds. The number of rotatable bonds is 1. The molecule has 0 aromatic rings. The van der Waals surface area contributed by atoms with E-state index in [-0.39, 0.29) is 18.2 Å². The fraction of sp³-hybridized carbons (Fsp3) is 0.875. The van der Waals surface area contributed by atoms with Crippen LogP contribution >= 0.6 is 0 Å². The SMILES string of the molecule is [2H]C1CCC(C)C(C(=O)O)C1. The molecule has 3 atom stereocenters. The van der Waals surface area contributed by atoms with Crippen LogP contribution in [-0.2, 0) is 4.79 Å². The summed E-state index contributed by atoms with van der Waals surface area (Å²) in [5.74, 6) is -0.741. The highest BCUT2D eigenvalue weighted by atomic mass is 16.4. The van der Waals surface area contributed by atoms with Crippen LogP contribution in [0.4, 0.5) is 0 Å². The number of hydrogen-bond acceptors (Lipinski definition) is 1. The molecule has 1 rings (SSSR count). The van der Waals surface area contributed by atoms with E-state index in [9.17, 15) is 4.79 Å². The summed E-state index contributed by atoms with van der Waals surface area (Å²) in [5.41, 5.74) is 0. The van der Waals surface area contributed by atoms with Crippen molar-refractivity contribution >= 4 is 5.97 Å². The number of carbonyl (C=O) groups is 1.